The predicted octanol–water partition coefficient (Wildman–Crippen LogP) is 12.7. The minimum atomic E-state index is 0.261. The Kier molecular flexibility index (Phi) is 22.1. The van der Waals surface area contributed by atoms with Crippen LogP contribution in [-0.4, -0.2) is 17.5 Å². The van der Waals surface area contributed by atoms with Gasteiger partial charge in [-0.2, -0.15) is 0 Å². The summed E-state index contributed by atoms with van der Waals surface area (Å²) < 4.78 is 0. The molecule has 1 heteroatoms. The van der Waals surface area contributed by atoms with Crippen LogP contribution < -0.4 is 0 Å². The topological polar surface area (TPSA) is 3.24 Å². The molecule has 0 fully saturated rings. The van der Waals surface area contributed by atoms with E-state index in [-0.39, 0.29) is 6.04 Å². The van der Waals surface area contributed by atoms with Crippen molar-refractivity contribution in [1.82, 2.24) is 4.90 Å². The van der Waals surface area contributed by atoms with E-state index in [1.807, 2.05) is 6.08 Å². The molecule has 44 heavy (non-hydrogen) atoms. The first-order chi connectivity index (χ1) is 21.4. The van der Waals surface area contributed by atoms with E-state index < -0.39 is 0 Å². The average Bonchev–Trinajstić information content (AvgIpc) is 3.03. The van der Waals surface area contributed by atoms with Crippen molar-refractivity contribution in [3.8, 4) is 12.3 Å². The number of hydrogen-bond donors (Lipinski definition) is 0. The number of nitrogens with zero attached hydrogens (tertiary/aromatic N) is 1. The second kappa shape index (κ2) is 25.1. The van der Waals surface area contributed by atoms with Gasteiger partial charge in [0, 0.05) is 12.2 Å². The molecule has 0 amide bonds. The molecule has 1 rings (SSSR count). The maximum absolute atomic E-state index is 5.46. The summed E-state index contributed by atoms with van der Waals surface area (Å²) in [6.45, 7) is 18.6. The van der Waals surface area contributed by atoms with E-state index in [0.717, 1.165) is 45.1 Å². The summed E-state index contributed by atoms with van der Waals surface area (Å²) in [5.41, 5.74) is 7.02. The molecule has 0 aliphatic heterocycles. The first-order valence-electron chi connectivity index (χ1n) is 17.2. The fourth-order valence-corrected chi connectivity index (χ4v) is 5.75. The molecular weight excluding hydrogens is 530 g/mol. The van der Waals surface area contributed by atoms with Gasteiger partial charge in [-0.05, 0) is 128 Å². The molecule has 0 spiro atoms. The molecule has 1 aliphatic rings. The van der Waals surface area contributed by atoms with Crippen molar-refractivity contribution < 1.29 is 0 Å². The smallest absolute Gasteiger partial charge is 0.0507 e. The third-order valence-electron chi connectivity index (χ3n) is 8.51. The standard InChI is InChI=1S/C43H63N/c1-9-15-19-21-22-23-24-27-33-44(43(29-25-17-11-3)30-26-20-16-10-2)42(14-6)35-38(8)37(7)34-39-31-32-41(28-18-12-4)40(13-5)36-39/h4,9-11,14-18,26,28-30,32,36,39,42H,6,13,19-25,27,31,33-35H2,1-3,5,7-8H3/b15-9-,16-10+,17-11-,28-18-,30-26-,38-37+,43-29+. The van der Waals surface area contributed by atoms with Gasteiger partial charge in [-0.25, -0.2) is 0 Å². The highest BCUT2D eigenvalue weighted by Crippen LogP contribution is 2.32. The highest BCUT2D eigenvalue weighted by Gasteiger charge is 2.19. The van der Waals surface area contributed by atoms with Crippen molar-refractivity contribution in [2.45, 2.75) is 125 Å². The Morgan fingerprint density at radius 3 is 2.36 bits per heavy atom. The molecule has 2 atom stereocenters. The van der Waals surface area contributed by atoms with Crippen LogP contribution in [0.3, 0.4) is 0 Å². The summed E-state index contributed by atoms with van der Waals surface area (Å²) in [7, 11) is 0. The number of allylic oxidation sites excluding steroid dienone is 16. The van der Waals surface area contributed by atoms with E-state index in [4.69, 9.17) is 6.42 Å². The molecule has 0 bridgehead atoms. The van der Waals surface area contributed by atoms with Gasteiger partial charge in [0.15, 0.2) is 0 Å². The Labute approximate surface area is 273 Å². The second-order valence-electron chi connectivity index (χ2n) is 11.9. The summed E-state index contributed by atoms with van der Waals surface area (Å²) in [5, 5.41) is 0. The van der Waals surface area contributed by atoms with E-state index >= 15 is 0 Å². The molecular formula is C43H63N. The predicted molar refractivity (Wildman–Crippen MR) is 199 cm³/mol. The van der Waals surface area contributed by atoms with Crippen LogP contribution in [-0.2, 0) is 0 Å². The minimum absolute atomic E-state index is 0.261. The Morgan fingerprint density at radius 1 is 0.977 bits per heavy atom. The largest absolute Gasteiger partial charge is 0.365 e. The lowest BCUT2D eigenvalue weighted by Crippen LogP contribution is -2.34. The van der Waals surface area contributed by atoms with Crippen LogP contribution in [0, 0.1) is 18.3 Å². The molecule has 1 nitrogen and oxygen atoms in total. The van der Waals surface area contributed by atoms with Gasteiger partial charge in [0.05, 0.1) is 6.04 Å². The van der Waals surface area contributed by atoms with E-state index in [2.05, 4.69) is 138 Å². The quantitative estimate of drug-likeness (QED) is 0.0522. The Bertz CT molecular complexity index is 1130. The summed E-state index contributed by atoms with van der Waals surface area (Å²) in [4.78, 5) is 2.63. The van der Waals surface area contributed by atoms with Crippen LogP contribution in [0.2, 0.25) is 0 Å². The Balaban J connectivity index is 3.15. The number of rotatable bonds is 22. The van der Waals surface area contributed by atoms with Crippen LogP contribution in [0.4, 0.5) is 0 Å². The van der Waals surface area contributed by atoms with Gasteiger partial charge >= 0.3 is 0 Å². The third kappa shape index (κ3) is 16.0. The van der Waals surface area contributed by atoms with E-state index in [9.17, 15) is 0 Å². The fraction of sp³-hybridized carbons (Fsp3) is 0.488. The van der Waals surface area contributed by atoms with Gasteiger partial charge in [-0.15, -0.1) is 13.0 Å². The van der Waals surface area contributed by atoms with Crippen LogP contribution >= 0.6 is 0 Å². The second-order valence-corrected chi connectivity index (χ2v) is 11.9. The van der Waals surface area contributed by atoms with E-state index in [1.54, 1.807) is 0 Å². The molecule has 240 valence electrons. The summed E-state index contributed by atoms with van der Waals surface area (Å²) >= 11 is 0. The third-order valence-corrected chi connectivity index (χ3v) is 8.51. The maximum Gasteiger partial charge on any atom is 0.0507 e. The van der Waals surface area contributed by atoms with Crippen LogP contribution in [0.1, 0.15) is 119 Å². The summed E-state index contributed by atoms with van der Waals surface area (Å²) in [6.07, 6.45) is 50.3. The van der Waals surface area contributed by atoms with Gasteiger partial charge in [-0.3, -0.25) is 0 Å². The minimum Gasteiger partial charge on any atom is -0.365 e. The van der Waals surface area contributed by atoms with Crippen molar-refractivity contribution in [3.63, 3.8) is 0 Å². The highest BCUT2D eigenvalue weighted by atomic mass is 15.2. The maximum atomic E-state index is 5.46. The molecule has 0 aromatic carbocycles. The fourth-order valence-electron chi connectivity index (χ4n) is 5.75. The molecule has 0 radical (unpaired) electrons. The lowest BCUT2D eigenvalue weighted by atomic mass is 9.84. The molecule has 0 saturated heterocycles. The van der Waals surface area contributed by atoms with Crippen molar-refractivity contribution in [1.29, 1.82) is 0 Å². The van der Waals surface area contributed by atoms with Crippen LogP contribution in [0.5, 0.6) is 0 Å². The number of unbranched alkanes of at least 4 members (excludes halogenated alkanes) is 5. The first kappa shape index (κ1) is 38.8. The molecule has 1 aliphatic carbocycles. The molecule has 0 N–H and O–H groups in total. The van der Waals surface area contributed by atoms with Crippen LogP contribution in [0.15, 0.2) is 120 Å². The normalized spacial score (nSPS) is 17.5. The summed E-state index contributed by atoms with van der Waals surface area (Å²) in [6, 6.07) is 0.261. The zero-order valence-electron chi connectivity index (χ0n) is 29.2. The van der Waals surface area contributed by atoms with Gasteiger partial charge in [-0.1, -0.05) is 110 Å². The zero-order chi connectivity index (χ0) is 32.4. The molecule has 0 saturated carbocycles. The lowest BCUT2D eigenvalue weighted by molar-refractivity contribution is 0.289. The number of hydrogen-bond acceptors (Lipinski definition) is 1. The van der Waals surface area contributed by atoms with Crippen molar-refractivity contribution in [3.05, 3.63) is 120 Å². The number of terminal acetylenes is 1. The highest BCUT2D eigenvalue weighted by molar-refractivity contribution is 5.44. The van der Waals surface area contributed by atoms with E-state index in [0.29, 0.717) is 5.92 Å². The molecule has 2 unspecified atom stereocenters. The SMILES string of the molecule is C#C/C=C\C1=CCC(C/C(C)=C(\C)CC(C=C)N(CCCCCCC/C=C\C)C(/C=C\C/C=C/C)=C/C/C=C\C)C=C1CC. The monoisotopic (exact) mass is 593 g/mol. The van der Waals surface area contributed by atoms with Gasteiger partial charge in [0.1, 0.15) is 0 Å². The molecule has 0 aromatic heterocycles. The molecule has 0 heterocycles. The average molecular weight is 594 g/mol. The lowest BCUT2D eigenvalue weighted by Gasteiger charge is -2.34. The van der Waals surface area contributed by atoms with Crippen molar-refractivity contribution in [2.75, 3.05) is 6.54 Å². The first-order valence-corrected chi connectivity index (χ1v) is 17.2. The van der Waals surface area contributed by atoms with Crippen molar-refractivity contribution in [2.24, 2.45) is 5.92 Å². The molecule has 0 aromatic rings. The Morgan fingerprint density at radius 2 is 1.68 bits per heavy atom. The van der Waals surface area contributed by atoms with Gasteiger partial charge in [0.25, 0.3) is 0 Å². The summed E-state index contributed by atoms with van der Waals surface area (Å²) in [5.74, 6) is 3.17. The zero-order valence-corrected chi connectivity index (χ0v) is 29.2. The van der Waals surface area contributed by atoms with Gasteiger partial charge in [0.2, 0.25) is 0 Å². The Hall–Kier alpha value is -3.24. The van der Waals surface area contributed by atoms with Crippen LogP contribution in [0.25, 0.3) is 0 Å². The van der Waals surface area contributed by atoms with Gasteiger partial charge < -0.3 is 4.90 Å². The van der Waals surface area contributed by atoms with Crippen molar-refractivity contribution >= 4 is 0 Å². The van der Waals surface area contributed by atoms with E-state index in [1.165, 1.54) is 66.5 Å².